The monoisotopic (exact) mass is 359 g/mol. The minimum absolute atomic E-state index is 0.159. The first-order chi connectivity index (χ1) is 11.5. The zero-order valence-corrected chi connectivity index (χ0v) is 15.9. The van der Waals surface area contributed by atoms with Crippen molar-refractivity contribution < 1.29 is 4.21 Å². The maximum atomic E-state index is 11.6. The molecule has 0 spiro atoms. The summed E-state index contributed by atoms with van der Waals surface area (Å²) in [5.41, 5.74) is 1.17. The van der Waals surface area contributed by atoms with Gasteiger partial charge in [0.05, 0.1) is 11.4 Å². The number of benzene rings is 1. The summed E-state index contributed by atoms with van der Waals surface area (Å²) in [5.74, 6) is 1.84. The van der Waals surface area contributed by atoms with Gasteiger partial charge in [-0.1, -0.05) is 19.1 Å². The van der Waals surface area contributed by atoms with Gasteiger partial charge in [0.15, 0.2) is 0 Å². The Balaban J connectivity index is 1.97. The fourth-order valence-corrected chi connectivity index (χ4v) is 3.95. The Bertz CT molecular complexity index is 874. The van der Waals surface area contributed by atoms with Crippen molar-refractivity contribution >= 4 is 38.2 Å². The summed E-state index contributed by atoms with van der Waals surface area (Å²) in [6.07, 6.45) is 2.52. The molecule has 2 aromatic heterocycles. The Hall–Kier alpha value is -1.79. The van der Waals surface area contributed by atoms with Gasteiger partial charge in [0.25, 0.3) is 0 Å². The van der Waals surface area contributed by atoms with E-state index in [1.54, 1.807) is 17.6 Å². The molecular weight excluding hydrogens is 338 g/mol. The molecule has 2 atom stereocenters. The van der Waals surface area contributed by atoms with Gasteiger partial charge in [-0.05, 0) is 36.1 Å². The molecule has 0 amide bonds. The summed E-state index contributed by atoms with van der Waals surface area (Å²) in [5, 5.41) is 3.16. The zero-order valence-electron chi connectivity index (χ0n) is 14.3. The molecule has 24 heavy (non-hydrogen) atoms. The summed E-state index contributed by atoms with van der Waals surface area (Å²) in [7, 11) is 1.12. The fraction of sp³-hybridized carbons (Fsp3) is 0.333. The summed E-state index contributed by atoms with van der Waals surface area (Å²) in [6, 6.07) is 10.2. The number of nitrogens with zero attached hydrogens (tertiary/aromatic N) is 3. The van der Waals surface area contributed by atoms with E-state index in [4.69, 9.17) is 4.98 Å². The Kier molecular flexibility index (Phi) is 4.96. The van der Waals surface area contributed by atoms with Crippen LogP contribution in [0.25, 0.3) is 10.2 Å². The molecule has 1 aromatic carbocycles. The topological polar surface area (TPSA) is 46.1 Å². The molecule has 126 valence electrons. The minimum Gasteiger partial charge on any atom is -0.352 e. The van der Waals surface area contributed by atoms with Crippen molar-refractivity contribution in [2.24, 2.45) is 0 Å². The van der Waals surface area contributed by atoms with Crippen molar-refractivity contribution in [1.82, 2.24) is 9.97 Å². The molecule has 3 rings (SSSR count). The van der Waals surface area contributed by atoms with Gasteiger partial charge >= 0.3 is 0 Å². The number of aromatic nitrogens is 2. The first kappa shape index (κ1) is 17.0. The average molecular weight is 360 g/mol. The predicted molar refractivity (Wildman–Crippen MR) is 102 cm³/mol. The molecule has 0 bridgehead atoms. The van der Waals surface area contributed by atoms with E-state index in [1.807, 2.05) is 24.3 Å². The lowest BCUT2D eigenvalue weighted by Crippen LogP contribution is -2.23. The molecule has 0 fully saturated rings. The number of hydrogen-bond acceptors (Lipinski definition) is 5. The number of anilines is 1. The molecule has 2 unspecified atom stereocenters. The van der Waals surface area contributed by atoms with Crippen molar-refractivity contribution in [2.75, 3.05) is 18.2 Å². The predicted octanol–water partition coefficient (Wildman–Crippen LogP) is 4.19. The highest BCUT2D eigenvalue weighted by Gasteiger charge is 2.18. The lowest BCUT2D eigenvalue weighted by Gasteiger charge is -2.27. The Morgan fingerprint density at radius 3 is 2.54 bits per heavy atom. The van der Waals surface area contributed by atoms with Crippen molar-refractivity contribution in [3.8, 4) is 0 Å². The van der Waals surface area contributed by atoms with Crippen LogP contribution in [0.3, 0.4) is 0 Å². The molecule has 0 saturated heterocycles. The van der Waals surface area contributed by atoms with Gasteiger partial charge in [-0.3, -0.25) is 4.21 Å². The van der Waals surface area contributed by atoms with E-state index in [2.05, 4.69) is 42.2 Å². The van der Waals surface area contributed by atoms with E-state index in [0.29, 0.717) is 0 Å². The lowest BCUT2D eigenvalue weighted by atomic mass is 10.1. The Morgan fingerprint density at radius 1 is 1.21 bits per heavy atom. The first-order valence-corrected chi connectivity index (χ1v) is 10.4. The van der Waals surface area contributed by atoms with Crippen LogP contribution in [0.15, 0.2) is 40.6 Å². The summed E-state index contributed by atoms with van der Waals surface area (Å²) in [4.78, 5) is 13.4. The second-order valence-corrected chi connectivity index (χ2v) is 8.04. The smallest absolute Gasteiger partial charge is 0.141 e. The summed E-state index contributed by atoms with van der Waals surface area (Å²) >= 11 is 1.65. The van der Waals surface area contributed by atoms with Gasteiger partial charge in [0.1, 0.15) is 16.5 Å². The van der Waals surface area contributed by atoms with E-state index < -0.39 is 10.8 Å². The number of aryl methyl sites for hydroxylation is 1. The second kappa shape index (κ2) is 6.99. The van der Waals surface area contributed by atoms with Crippen LogP contribution in [0.5, 0.6) is 0 Å². The highest BCUT2D eigenvalue weighted by atomic mass is 32.2. The zero-order chi connectivity index (χ0) is 17.3. The van der Waals surface area contributed by atoms with Crippen molar-refractivity contribution in [3.63, 3.8) is 0 Å². The molecule has 3 aromatic rings. The lowest BCUT2D eigenvalue weighted by molar-refractivity contribution is 0.686. The second-order valence-electron chi connectivity index (χ2n) is 5.77. The van der Waals surface area contributed by atoms with Crippen LogP contribution in [0.1, 0.15) is 31.3 Å². The van der Waals surface area contributed by atoms with Crippen LogP contribution in [-0.4, -0.2) is 27.5 Å². The number of rotatable bonds is 5. The largest absolute Gasteiger partial charge is 0.352 e. The van der Waals surface area contributed by atoms with Crippen LogP contribution in [0.4, 0.5) is 5.82 Å². The first-order valence-electron chi connectivity index (χ1n) is 7.91. The highest BCUT2D eigenvalue weighted by molar-refractivity contribution is 7.84. The number of hydrogen-bond donors (Lipinski definition) is 0. The molecule has 0 N–H and O–H groups in total. The van der Waals surface area contributed by atoms with Gasteiger partial charge in [-0.25, -0.2) is 9.97 Å². The summed E-state index contributed by atoms with van der Waals surface area (Å²) in [6.45, 7) is 4.23. The third-order valence-electron chi connectivity index (χ3n) is 4.28. The van der Waals surface area contributed by atoms with Crippen LogP contribution in [-0.2, 0) is 17.2 Å². The molecule has 0 radical (unpaired) electrons. The van der Waals surface area contributed by atoms with E-state index in [0.717, 1.165) is 33.2 Å². The van der Waals surface area contributed by atoms with Gasteiger partial charge in [0, 0.05) is 35.4 Å². The molecule has 2 heterocycles. The maximum Gasteiger partial charge on any atom is 0.141 e. The van der Waals surface area contributed by atoms with E-state index >= 15 is 0 Å². The molecule has 4 nitrogen and oxygen atoms in total. The molecular formula is C18H21N3OS2. The maximum absolute atomic E-state index is 11.6. The SMILES string of the molecule is CCc1nc(N(C)C(C)c2ccc(S(C)=O)cc2)c2ccsc2n1. The van der Waals surface area contributed by atoms with Crippen molar-refractivity contribution in [3.05, 3.63) is 47.1 Å². The number of thiophene rings is 1. The van der Waals surface area contributed by atoms with Gasteiger partial charge in [-0.15, -0.1) is 11.3 Å². The minimum atomic E-state index is -0.948. The number of fused-ring (bicyclic) bond motifs is 1. The third kappa shape index (κ3) is 3.21. The van der Waals surface area contributed by atoms with Crippen molar-refractivity contribution in [2.45, 2.75) is 31.2 Å². The van der Waals surface area contributed by atoms with Gasteiger partial charge < -0.3 is 4.90 Å². The van der Waals surface area contributed by atoms with Crippen molar-refractivity contribution in [1.29, 1.82) is 0 Å². The van der Waals surface area contributed by atoms with Crippen LogP contribution >= 0.6 is 11.3 Å². The molecule has 0 aliphatic carbocycles. The van der Waals surface area contributed by atoms with Gasteiger partial charge in [-0.2, -0.15) is 0 Å². The van der Waals surface area contributed by atoms with E-state index in [1.165, 1.54) is 5.56 Å². The molecule has 0 saturated carbocycles. The van der Waals surface area contributed by atoms with Crippen LogP contribution < -0.4 is 4.90 Å². The van der Waals surface area contributed by atoms with E-state index in [-0.39, 0.29) is 6.04 Å². The molecule has 0 aliphatic heterocycles. The normalized spacial score (nSPS) is 13.8. The fourth-order valence-electron chi connectivity index (χ4n) is 2.65. The third-order valence-corrected chi connectivity index (χ3v) is 6.02. The Labute approximate surface area is 149 Å². The Morgan fingerprint density at radius 2 is 1.92 bits per heavy atom. The molecule has 0 aliphatic rings. The van der Waals surface area contributed by atoms with Gasteiger partial charge in [0.2, 0.25) is 0 Å². The summed E-state index contributed by atoms with van der Waals surface area (Å²) < 4.78 is 11.6. The quantitative estimate of drug-likeness (QED) is 0.685. The van der Waals surface area contributed by atoms with E-state index in [9.17, 15) is 4.21 Å². The average Bonchev–Trinajstić information content (AvgIpc) is 3.08. The standard InChI is InChI=1S/C18H21N3OS2/c1-5-16-19-17(15-10-11-23-18(15)20-16)21(3)12(2)13-6-8-14(9-7-13)24(4)22/h6-12H,5H2,1-4H3. The highest BCUT2D eigenvalue weighted by Crippen LogP contribution is 2.32. The molecule has 6 heteroatoms. The van der Waals surface area contributed by atoms with Crippen LogP contribution in [0.2, 0.25) is 0 Å². The van der Waals surface area contributed by atoms with Crippen LogP contribution in [0, 0.1) is 0 Å².